The summed E-state index contributed by atoms with van der Waals surface area (Å²) in [7, 11) is 0. The summed E-state index contributed by atoms with van der Waals surface area (Å²) < 4.78 is 14.4. The van der Waals surface area contributed by atoms with Crippen LogP contribution < -0.4 is 10.2 Å². The Bertz CT molecular complexity index is 1460. The minimum Gasteiger partial charge on any atom is -0.480 e. The number of carboxylic acid groups (broad SMARTS) is 1. The maximum Gasteiger partial charge on any atom is 0.320 e. The Hall–Kier alpha value is -3.89. The Kier molecular flexibility index (Phi) is 7.35. The number of hydrogen-bond acceptors (Lipinski definition) is 8. The Morgan fingerprint density at radius 2 is 1.74 bits per heavy atom. The molecule has 0 radical (unpaired) electrons. The van der Waals surface area contributed by atoms with Crippen molar-refractivity contribution in [2.24, 2.45) is 0 Å². The van der Waals surface area contributed by atoms with Crippen LogP contribution in [0.15, 0.2) is 55.1 Å². The van der Waals surface area contributed by atoms with Crippen molar-refractivity contribution in [3.05, 3.63) is 71.5 Å². The number of halogens is 2. The van der Waals surface area contributed by atoms with Gasteiger partial charge in [0.25, 0.3) is 0 Å². The minimum atomic E-state index is -0.821. The highest BCUT2D eigenvalue weighted by Crippen LogP contribution is 2.34. The van der Waals surface area contributed by atoms with Crippen LogP contribution >= 0.6 is 11.6 Å². The van der Waals surface area contributed by atoms with E-state index in [9.17, 15) is 14.3 Å². The minimum absolute atomic E-state index is 0.292. The van der Waals surface area contributed by atoms with Crippen LogP contribution in [0.4, 0.5) is 16.0 Å². The fraction of sp³-hybridized carbons (Fsp3) is 0.296. The standard InChI is InChI=1S/C27H27ClFN7O2/c1-16(19-5-3-4-6-22(19)29)34-25-20-11-23(31-15-24(20)30-14-21(25)28)18-12-32-27(33-13-18)36-9-7-35(8-10-36)17(2)26(37)38/h3-6,11-17H,7-10H2,1-2H3,(H,30,34)(H,37,38). The third-order valence-electron chi connectivity index (χ3n) is 6.88. The number of anilines is 2. The van der Waals surface area contributed by atoms with Gasteiger partial charge in [-0.1, -0.05) is 29.8 Å². The van der Waals surface area contributed by atoms with Crippen molar-refractivity contribution in [3.63, 3.8) is 0 Å². The van der Waals surface area contributed by atoms with Crippen molar-refractivity contribution in [2.75, 3.05) is 36.4 Å². The first-order valence-corrected chi connectivity index (χ1v) is 12.7. The Balaban J connectivity index is 1.37. The predicted octanol–water partition coefficient (Wildman–Crippen LogP) is 4.65. The molecule has 196 valence electrons. The van der Waals surface area contributed by atoms with Crippen molar-refractivity contribution in [1.82, 2.24) is 24.8 Å². The van der Waals surface area contributed by atoms with Gasteiger partial charge in [0.2, 0.25) is 5.95 Å². The zero-order valence-electron chi connectivity index (χ0n) is 21.0. The van der Waals surface area contributed by atoms with Crippen LogP contribution in [0.25, 0.3) is 22.2 Å². The molecule has 1 fully saturated rings. The van der Waals surface area contributed by atoms with Crippen LogP contribution in [0.3, 0.4) is 0 Å². The predicted molar refractivity (Wildman–Crippen MR) is 145 cm³/mol. The number of fused-ring (bicyclic) bond motifs is 1. The van der Waals surface area contributed by atoms with E-state index in [1.165, 1.54) is 6.07 Å². The quantitative estimate of drug-likeness (QED) is 0.349. The second-order valence-corrected chi connectivity index (χ2v) is 9.67. The number of hydrogen-bond donors (Lipinski definition) is 2. The lowest BCUT2D eigenvalue weighted by molar-refractivity contribution is -0.142. The molecular formula is C27H27ClFN7O2. The molecule has 1 aromatic carbocycles. The molecule has 38 heavy (non-hydrogen) atoms. The molecule has 2 unspecified atom stereocenters. The summed E-state index contributed by atoms with van der Waals surface area (Å²) in [6, 6.07) is 7.64. The van der Waals surface area contributed by atoms with Crippen molar-refractivity contribution < 1.29 is 14.3 Å². The van der Waals surface area contributed by atoms with E-state index in [4.69, 9.17) is 11.6 Å². The molecule has 3 aromatic heterocycles. The molecule has 4 heterocycles. The van der Waals surface area contributed by atoms with E-state index < -0.39 is 12.0 Å². The van der Waals surface area contributed by atoms with Gasteiger partial charge in [-0.15, -0.1) is 0 Å². The molecule has 1 aliphatic heterocycles. The number of rotatable bonds is 7. The van der Waals surface area contributed by atoms with E-state index in [1.807, 2.05) is 22.8 Å². The summed E-state index contributed by atoms with van der Waals surface area (Å²) in [5.74, 6) is -0.527. The molecule has 11 heteroatoms. The van der Waals surface area contributed by atoms with Gasteiger partial charge in [0.1, 0.15) is 11.9 Å². The molecule has 4 aromatic rings. The van der Waals surface area contributed by atoms with E-state index in [0.717, 1.165) is 10.9 Å². The van der Waals surface area contributed by atoms with Crippen molar-refractivity contribution in [2.45, 2.75) is 25.9 Å². The van der Waals surface area contributed by atoms with Gasteiger partial charge < -0.3 is 15.3 Å². The second-order valence-electron chi connectivity index (χ2n) is 9.26. The molecule has 0 spiro atoms. The monoisotopic (exact) mass is 535 g/mol. The molecular weight excluding hydrogens is 509 g/mol. The van der Waals surface area contributed by atoms with Gasteiger partial charge in [0, 0.05) is 61.3 Å². The Morgan fingerprint density at radius 1 is 1.03 bits per heavy atom. The average Bonchev–Trinajstić information content (AvgIpc) is 2.94. The number of carboxylic acids is 1. The lowest BCUT2D eigenvalue weighted by Gasteiger charge is -2.36. The molecule has 1 saturated heterocycles. The van der Waals surface area contributed by atoms with Crippen LogP contribution in [0.2, 0.25) is 5.02 Å². The number of benzene rings is 1. The maximum absolute atomic E-state index is 14.4. The number of carbonyl (C=O) groups is 1. The SMILES string of the molecule is CC(Nc1c(Cl)cnc2cnc(-c3cnc(N4CCN(C(C)C(=O)O)CC4)nc3)cc12)c1ccccc1F. The molecule has 2 atom stereocenters. The van der Waals surface area contributed by atoms with Gasteiger partial charge in [-0.05, 0) is 26.0 Å². The maximum atomic E-state index is 14.4. The van der Waals surface area contributed by atoms with E-state index in [1.54, 1.807) is 49.9 Å². The summed E-state index contributed by atoms with van der Waals surface area (Å²) in [5, 5.41) is 13.8. The summed E-state index contributed by atoms with van der Waals surface area (Å²) in [4.78, 5) is 33.2. The number of aromatic nitrogens is 4. The fourth-order valence-corrected chi connectivity index (χ4v) is 4.78. The molecule has 9 nitrogen and oxygen atoms in total. The normalized spacial score (nSPS) is 15.8. The second kappa shape index (κ2) is 10.8. The smallest absolute Gasteiger partial charge is 0.320 e. The van der Waals surface area contributed by atoms with Crippen LogP contribution in [0, 0.1) is 5.82 Å². The zero-order chi connectivity index (χ0) is 26.8. The average molecular weight is 536 g/mol. The number of pyridine rings is 2. The van der Waals surface area contributed by atoms with Crippen LogP contribution in [-0.4, -0.2) is 68.1 Å². The van der Waals surface area contributed by atoms with E-state index in [-0.39, 0.29) is 11.9 Å². The molecule has 1 aliphatic rings. The highest BCUT2D eigenvalue weighted by molar-refractivity contribution is 6.34. The molecule has 0 bridgehead atoms. The number of aliphatic carboxylic acids is 1. The molecule has 0 aliphatic carbocycles. The number of nitrogens with one attached hydrogen (secondary N) is 1. The summed E-state index contributed by atoms with van der Waals surface area (Å²) in [6.45, 7) is 6.11. The molecule has 0 saturated carbocycles. The van der Waals surface area contributed by atoms with Crippen molar-refractivity contribution in [3.8, 4) is 11.3 Å². The van der Waals surface area contributed by atoms with Gasteiger partial charge in [-0.25, -0.2) is 14.4 Å². The first kappa shape index (κ1) is 25.7. The third-order valence-corrected chi connectivity index (χ3v) is 7.16. The molecule has 0 amide bonds. The van der Waals surface area contributed by atoms with Gasteiger partial charge in [-0.3, -0.25) is 19.7 Å². The summed E-state index contributed by atoms with van der Waals surface area (Å²) in [5.41, 5.74) is 3.19. The Labute approximate surface area is 224 Å². The molecule has 2 N–H and O–H groups in total. The van der Waals surface area contributed by atoms with E-state index in [0.29, 0.717) is 59.6 Å². The van der Waals surface area contributed by atoms with E-state index >= 15 is 0 Å². The number of piperazine rings is 1. The Morgan fingerprint density at radius 3 is 2.42 bits per heavy atom. The van der Waals surface area contributed by atoms with Crippen LogP contribution in [0.5, 0.6) is 0 Å². The summed E-state index contributed by atoms with van der Waals surface area (Å²) in [6.07, 6.45) is 6.65. The molecule has 5 rings (SSSR count). The van der Waals surface area contributed by atoms with Crippen molar-refractivity contribution in [1.29, 1.82) is 0 Å². The first-order chi connectivity index (χ1) is 18.3. The van der Waals surface area contributed by atoms with Crippen LogP contribution in [-0.2, 0) is 4.79 Å². The van der Waals surface area contributed by atoms with Gasteiger partial charge >= 0.3 is 5.97 Å². The lowest BCUT2D eigenvalue weighted by atomic mass is 10.1. The lowest BCUT2D eigenvalue weighted by Crippen LogP contribution is -2.52. The number of nitrogens with zero attached hydrogens (tertiary/aromatic N) is 6. The highest BCUT2D eigenvalue weighted by atomic mass is 35.5. The first-order valence-electron chi connectivity index (χ1n) is 12.3. The summed E-state index contributed by atoms with van der Waals surface area (Å²) >= 11 is 6.52. The highest BCUT2D eigenvalue weighted by Gasteiger charge is 2.26. The van der Waals surface area contributed by atoms with Gasteiger partial charge in [0.05, 0.1) is 34.2 Å². The van der Waals surface area contributed by atoms with E-state index in [2.05, 4.69) is 25.3 Å². The zero-order valence-corrected chi connectivity index (χ0v) is 21.7. The van der Waals surface area contributed by atoms with Gasteiger partial charge in [-0.2, -0.15) is 0 Å². The van der Waals surface area contributed by atoms with Crippen LogP contribution in [0.1, 0.15) is 25.5 Å². The van der Waals surface area contributed by atoms with Crippen molar-refractivity contribution >= 4 is 40.1 Å². The third kappa shape index (κ3) is 5.23. The van der Waals surface area contributed by atoms with Gasteiger partial charge in [0.15, 0.2) is 0 Å². The fourth-order valence-electron chi connectivity index (χ4n) is 4.58. The topological polar surface area (TPSA) is 107 Å². The largest absolute Gasteiger partial charge is 0.480 e.